The standard InChI is InChI=1S/C12H18N2O/c1-4-9-5-10(13)12-11(6-9)14(3)7-8(2)15-12/h5-6,8H,4,7,13H2,1-3H3. The van der Waals surface area contributed by atoms with Crippen LogP contribution in [-0.4, -0.2) is 19.7 Å². The number of nitrogen functional groups attached to an aromatic ring is 1. The number of fused-ring (bicyclic) bond motifs is 1. The van der Waals surface area contributed by atoms with Gasteiger partial charge in [0.2, 0.25) is 0 Å². The molecule has 0 saturated heterocycles. The van der Waals surface area contributed by atoms with E-state index in [2.05, 4.69) is 31.9 Å². The lowest BCUT2D eigenvalue weighted by molar-refractivity contribution is 0.217. The van der Waals surface area contributed by atoms with E-state index in [-0.39, 0.29) is 6.10 Å². The van der Waals surface area contributed by atoms with E-state index < -0.39 is 0 Å². The molecule has 1 heterocycles. The van der Waals surface area contributed by atoms with Crippen LogP contribution < -0.4 is 15.4 Å². The first-order valence-electron chi connectivity index (χ1n) is 5.42. The third kappa shape index (κ3) is 1.74. The molecule has 2 N–H and O–H groups in total. The zero-order valence-corrected chi connectivity index (χ0v) is 9.58. The van der Waals surface area contributed by atoms with E-state index in [1.54, 1.807) is 0 Å². The van der Waals surface area contributed by atoms with Crippen LogP contribution in [0.3, 0.4) is 0 Å². The van der Waals surface area contributed by atoms with Gasteiger partial charge in [0.1, 0.15) is 6.10 Å². The van der Waals surface area contributed by atoms with E-state index in [0.29, 0.717) is 0 Å². The molecule has 0 saturated carbocycles. The van der Waals surface area contributed by atoms with Gasteiger partial charge in [-0.15, -0.1) is 0 Å². The molecule has 82 valence electrons. The molecule has 3 heteroatoms. The number of aryl methyl sites for hydroxylation is 1. The number of ether oxygens (including phenoxy) is 1. The summed E-state index contributed by atoms with van der Waals surface area (Å²) in [6, 6.07) is 4.17. The molecule has 0 aromatic heterocycles. The van der Waals surface area contributed by atoms with Crippen LogP contribution in [0.1, 0.15) is 19.4 Å². The molecule has 0 aliphatic carbocycles. The molecular formula is C12H18N2O. The average Bonchev–Trinajstić information content (AvgIpc) is 2.19. The lowest BCUT2D eigenvalue weighted by Gasteiger charge is -2.33. The van der Waals surface area contributed by atoms with Gasteiger partial charge in [-0.2, -0.15) is 0 Å². The number of nitrogens with zero attached hydrogens (tertiary/aromatic N) is 1. The van der Waals surface area contributed by atoms with Gasteiger partial charge in [-0.25, -0.2) is 0 Å². The van der Waals surface area contributed by atoms with Crippen LogP contribution in [0, 0.1) is 0 Å². The van der Waals surface area contributed by atoms with Gasteiger partial charge in [0.25, 0.3) is 0 Å². The Morgan fingerprint density at radius 2 is 2.27 bits per heavy atom. The molecule has 0 bridgehead atoms. The van der Waals surface area contributed by atoms with Gasteiger partial charge in [0, 0.05) is 7.05 Å². The third-order valence-electron chi connectivity index (χ3n) is 2.83. The van der Waals surface area contributed by atoms with Crippen LogP contribution >= 0.6 is 0 Å². The normalized spacial score (nSPS) is 19.7. The maximum atomic E-state index is 5.99. The van der Waals surface area contributed by atoms with Crippen LogP contribution in [0.2, 0.25) is 0 Å². The molecule has 0 radical (unpaired) electrons. The van der Waals surface area contributed by atoms with Crippen molar-refractivity contribution in [3.63, 3.8) is 0 Å². The minimum absolute atomic E-state index is 0.206. The van der Waals surface area contributed by atoms with Crippen molar-refractivity contribution >= 4 is 11.4 Å². The van der Waals surface area contributed by atoms with Crippen molar-refractivity contribution in [3.05, 3.63) is 17.7 Å². The van der Waals surface area contributed by atoms with Crippen molar-refractivity contribution in [3.8, 4) is 5.75 Å². The van der Waals surface area contributed by atoms with E-state index in [1.165, 1.54) is 5.56 Å². The SMILES string of the molecule is CCc1cc(N)c2c(c1)N(C)CC(C)O2. The summed E-state index contributed by atoms with van der Waals surface area (Å²) in [5.41, 5.74) is 9.12. The maximum Gasteiger partial charge on any atom is 0.165 e. The topological polar surface area (TPSA) is 38.5 Å². The first kappa shape index (κ1) is 10.1. The van der Waals surface area contributed by atoms with E-state index in [1.807, 2.05) is 6.07 Å². The average molecular weight is 206 g/mol. The van der Waals surface area contributed by atoms with Crippen molar-refractivity contribution in [1.29, 1.82) is 0 Å². The first-order valence-corrected chi connectivity index (χ1v) is 5.42. The summed E-state index contributed by atoms with van der Waals surface area (Å²) in [5, 5.41) is 0. The van der Waals surface area contributed by atoms with Gasteiger partial charge >= 0.3 is 0 Å². The molecule has 1 atom stereocenters. The van der Waals surface area contributed by atoms with Crippen LogP contribution in [0.15, 0.2) is 12.1 Å². The molecule has 1 aromatic rings. The predicted molar refractivity (Wildman–Crippen MR) is 63.6 cm³/mol. The van der Waals surface area contributed by atoms with Crippen molar-refractivity contribution in [2.24, 2.45) is 0 Å². The van der Waals surface area contributed by atoms with Gasteiger partial charge in [0.05, 0.1) is 17.9 Å². The molecule has 15 heavy (non-hydrogen) atoms. The van der Waals surface area contributed by atoms with Crippen molar-refractivity contribution < 1.29 is 4.74 Å². The summed E-state index contributed by atoms with van der Waals surface area (Å²) in [6.07, 6.45) is 1.21. The lowest BCUT2D eigenvalue weighted by Crippen LogP contribution is -2.36. The summed E-state index contributed by atoms with van der Waals surface area (Å²) >= 11 is 0. The second-order valence-corrected chi connectivity index (χ2v) is 4.20. The van der Waals surface area contributed by atoms with Crippen LogP contribution in [0.4, 0.5) is 11.4 Å². The van der Waals surface area contributed by atoms with E-state index in [4.69, 9.17) is 10.5 Å². The van der Waals surface area contributed by atoms with Gasteiger partial charge in [0.15, 0.2) is 5.75 Å². The van der Waals surface area contributed by atoms with E-state index in [9.17, 15) is 0 Å². The summed E-state index contributed by atoms with van der Waals surface area (Å²) in [5.74, 6) is 0.841. The van der Waals surface area contributed by atoms with Crippen LogP contribution in [-0.2, 0) is 6.42 Å². The Morgan fingerprint density at radius 1 is 1.53 bits per heavy atom. The van der Waals surface area contributed by atoms with Crippen molar-refractivity contribution in [2.45, 2.75) is 26.4 Å². The Balaban J connectivity index is 2.50. The Bertz CT molecular complexity index is 376. The molecule has 0 spiro atoms. The monoisotopic (exact) mass is 206 g/mol. The highest BCUT2D eigenvalue weighted by atomic mass is 16.5. The molecule has 1 aliphatic rings. The number of likely N-dealkylation sites (N-methyl/N-ethyl adjacent to an activating group) is 1. The minimum Gasteiger partial charge on any atom is -0.485 e. The first-order chi connectivity index (χ1) is 7.11. The summed E-state index contributed by atoms with van der Waals surface area (Å²) in [4.78, 5) is 2.21. The number of rotatable bonds is 1. The highest BCUT2D eigenvalue weighted by molar-refractivity contribution is 5.72. The zero-order chi connectivity index (χ0) is 11.0. The quantitative estimate of drug-likeness (QED) is 0.715. The van der Waals surface area contributed by atoms with Gasteiger partial charge in [-0.3, -0.25) is 0 Å². The summed E-state index contributed by atoms with van der Waals surface area (Å²) in [7, 11) is 2.08. The molecule has 1 aromatic carbocycles. The van der Waals surface area contributed by atoms with Gasteiger partial charge in [-0.05, 0) is 31.0 Å². The number of benzene rings is 1. The van der Waals surface area contributed by atoms with E-state index >= 15 is 0 Å². The fraction of sp³-hybridized carbons (Fsp3) is 0.500. The lowest BCUT2D eigenvalue weighted by atomic mass is 10.1. The summed E-state index contributed by atoms with van der Waals surface area (Å²) in [6.45, 7) is 5.11. The fourth-order valence-electron chi connectivity index (χ4n) is 2.03. The van der Waals surface area contributed by atoms with E-state index in [0.717, 1.165) is 30.1 Å². The molecule has 0 fully saturated rings. The highest BCUT2D eigenvalue weighted by Gasteiger charge is 2.22. The third-order valence-corrected chi connectivity index (χ3v) is 2.83. The molecule has 3 nitrogen and oxygen atoms in total. The van der Waals surface area contributed by atoms with Crippen LogP contribution in [0.25, 0.3) is 0 Å². The van der Waals surface area contributed by atoms with Crippen molar-refractivity contribution in [1.82, 2.24) is 0 Å². The largest absolute Gasteiger partial charge is 0.485 e. The number of anilines is 2. The highest BCUT2D eigenvalue weighted by Crippen LogP contribution is 2.38. The fourth-order valence-corrected chi connectivity index (χ4v) is 2.03. The Morgan fingerprint density at radius 3 is 2.93 bits per heavy atom. The van der Waals surface area contributed by atoms with Crippen LogP contribution in [0.5, 0.6) is 5.75 Å². The number of hydrogen-bond donors (Lipinski definition) is 1. The Hall–Kier alpha value is -1.38. The molecule has 0 amide bonds. The number of hydrogen-bond acceptors (Lipinski definition) is 3. The second-order valence-electron chi connectivity index (χ2n) is 4.20. The van der Waals surface area contributed by atoms with Gasteiger partial charge in [-0.1, -0.05) is 6.92 Å². The smallest absolute Gasteiger partial charge is 0.165 e. The van der Waals surface area contributed by atoms with Gasteiger partial charge < -0.3 is 15.4 Å². The molecular weight excluding hydrogens is 188 g/mol. The Labute approximate surface area is 90.8 Å². The van der Waals surface area contributed by atoms with Crippen molar-refractivity contribution in [2.75, 3.05) is 24.2 Å². The Kier molecular flexibility index (Phi) is 2.47. The minimum atomic E-state index is 0.206. The number of nitrogens with two attached hydrogens (primary N) is 1. The maximum absolute atomic E-state index is 5.99. The second kappa shape index (κ2) is 3.65. The molecule has 2 rings (SSSR count). The predicted octanol–water partition coefficient (Wildman–Crippen LogP) is 2.05. The molecule has 1 unspecified atom stereocenters. The summed E-state index contributed by atoms with van der Waals surface area (Å²) < 4.78 is 5.77. The zero-order valence-electron chi connectivity index (χ0n) is 9.58. The molecule has 1 aliphatic heterocycles.